The fourth-order valence-electron chi connectivity index (χ4n) is 1.44. The maximum Gasteiger partial charge on any atom is 0.0163 e. The van der Waals surface area contributed by atoms with Gasteiger partial charge in [0.1, 0.15) is 0 Å². The van der Waals surface area contributed by atoms with Crippen molar-refractivity contribution in [3.05, 3.63) is 47.4 Å². The topological polar surface area (TPSA) is 0 Å². The van der Waals surface area contributed by atoms with Crippen LogP contribution in [0.3, 0.4) is 0 Å². The number of allylic oxidation sites excluding steroid dienone is 1. The van der Waals surface area contributed by atoms with E-state index in [0.29, 0.717) is 0 Å². The molecular formula is C11H12S. The Morgan fingerprint density at radius 2 is 2.08 bits per heavy atom. The van der Waals surface area contributed by atoms with Crippen LogP contribution in [0.25, 0.3) is 0 Å². The Balaban J connectivity index is 1.95. The van der Waals surface area contributed by atoms with Crippen LogP contribution in [-0.4, -0.2) is 5.25 Å². The van der Waals surface area contributed by atoms with Gasteiger partial charge in [0.15, 0.2) is 0 Å². The second-order valence-electron chi connectivity index (χ2n) is 3.06. The Morgan fingerprint density at radius 1 is 1.25 bits per heavy atom. The molecule has 1 aromatic carbocycles. The van der Waals surface area contributed by atoms with Gasteiger partial charge in [0.05, 0.1) is 0 Å². The van der Waals surface area contributed by atoms with E-state index in [0.717, 1.165) is 5.25 Å². The standard InChI is InChI=1S/C11H12S/c1-2-5-10(6-3-1)9-11-7-4-8-12-11/h1-6,8,11H,7,9H2. The summed E-state index contributed by atoms with van der Waals surface area (Å²) in [6.07, 6.45) is 4.70. The van der Waals surface area contributed by atoms with Crippen LogP contribution in [0, 0.1) is 0 Å². The van der Waals surface area contributed by atoms with Crippen LogP contribution in [-0.2, 0) is 6.42 Å². The molecule has 0 saturated heterocycles. The lowest BCUT2D eigenvalue weighted by Crippen LogP contribution is -2.01. The average molecular weight is 176 g/mol. The molecule has 0 saturated carbocycles. The monoisotopic (exact) mass is 176 g/mol. The van der Waals surface area contributed by atoms with E-state index >= 15 is 0 Å². The molecule has 0 bridgehead atoms. The van der Waals surface area contributed by atoms with Crippen molar-refractivity contribution in [1.29, 1.82) is 0 Å². The van der Waals surface area contributed by atoms with Crippen LogP contribution < -0.4 is 0 Å². The molecule has 0 spiro atoms. The van der Waals surface area contributed by atoms with Gasteiger partial charge in [-0.2, -0.15) is 0 Å². The number of thioether (sulfide) groups is 1. The van der Waals surface area contributed by atoms with E-state index in [9.17, 15) is 0 Å². The quantitative estimate of drug-likeness (QED) is 0.666. The first-order valence-electron chi connectivity index (χ1n) is 4.29. The molecule has 62 valence electrons. The predicted octanol–water partition coefficient (Wildman–Crippen LogP) is 3.25. The van der Waals surface area contributed by atoms with Gasteiger partial charge in [-0.25, -0.2) is 0 Å². The molecule has 0 fully saturated rings. The minimum absolute atomic E-state index is 0.785. The van der Waals surface area contributed by atoms with Crippen LogP contribution >= 0.6 is 11.8 Å². The summed E-state index contributed by atoms with van der Waals surface area (Å²) < 4.78 is 0. The van der Waals surface area contributed by atoms with E-state index in [1.54, 1.807) is 0 Å². The molecule has 0 radical (unpaired) electrons. The smallest absolute Gasteiger partial charge is 0.0163 e. The van der Waals surface area contributed by atoms with Gasteiger partial charge in [-0.05, 0) is 23.8 Å². The summed E-state index contributed by atoms with van der Waals surface area (Å²) in [5, 5.41) is 3.00. The second-order valence-corrected chi connectivity index (χ2v) is 4.27. The van der Waals surface area contributed by atoms with Crippen molar-refractivity contribution in [1.82, 2.24) is 0 Å². The van der Waals surface area contributed by atoms with Crippen molar-refractivity contribution in [3.8, 4) is 0 Å². The van der Waals surface area contributed by atoms with E-state index in [4.69, 9.17) is 0 Å². The highest BCUT2D eigenvalue weighted by molar-refractivity contribution is 8.03. The molecule has 1 atom stereocenters. The molecule has 0 nitrogen and oxygen atoms in total. The molecule has 1 unspecified atom stereocenters. The lowest BCUT2D eigenvalue weighted by atomic mass is 10.1. The molecule has 1 heterocycles. The van der Waals surface area contributed by atoms with E-state index < -0.39 is 0 Å². The lowest BCUT2D eigenvalue weighted by Gasteiger charge is -2.07. The normalized spacial score (nSPS) is 21.5. The van der Waals surface area contributed by atoms with Gasteiger partial charge in [-0.3, -0.25) is 0 Å². The van der Waals surface area contributed by atoms with Crippen molar-refractivity contribution in [2.45, 2.75) is 18.1 Å². The molecule has 2 rings (SSSR count). The summed E-state index contributed by atoms with van der Waals surface area (Å²) in [5.74, 6) is 0. The van der Waals surface area contributed by atoms with Crippen molar-refractivity contribution in [2.75, 3.05) is 0 Å². The zero-order chi connectivity index (χ0) is 8.23. The molecule has 1 aliphatic heterocycles. The molecule has 1 heteroatoms. The Bertz CT molecular complexity index is 256. The van der Waals surface area contributed by atoms with Gasteiger partial charge in [-0.1, -0.05) is 36.4 Å². The van der Waals surface area contributed by atoms with Gasteiger partial charge in [0.25, 0.3) is 0 Å². The van der Waals surface area contributed by atoms with Crippen molar-refractivity contribution in [3.63, 3.8) is 0 Å². The first-order chi connectivity index (χ1) is 5.95. The molecule has 0 aliphatic carbocycles. The third-order valence-corrected chi connectivity index (χ3v) is 3.17. The van der Waals surface area contributed by atoms with E-state index in [2.05, 4.69) is 41.8 Å². The average Bonchev–Trinajstić information content (AvgIpc) is 2.59. The maximum atomic E-state index is 2.26. The van der Waals surface area contributed by atoms with Crippen LogP contribution in [0.1, 0.15) is 12.0 Å². The van der Waals surface area contributed by atoms with Crippen molar-refractivity contribution < 1.29 is 0 Å². The van der Waals surface area contributed by atoms with Crippen LogP contribution in [0.4, 0.5) is 0 Å². The van der Waals surface area contributed by atoms with Gasteiger partial charge in [0, 0.05) is 5.25 Å². The van der Waals surface area contributed by atoms with Crippen LogP contribution in [0.2, 0.25) is 0 Å². The summed E-state index contributed by atoms with van der Waals surface area (Å²) >= 11 is 1.96. The van der Waals surface area contributed by atoms with Gasteiger partial charge in [-0.15, -0.1) is 11.8 Å². The van der Waals surface area contributed by atoms with Crippen LogP contribution in [0.5, 0.6) is 0 Å². The summed E-state index contributed by atoms with van der Waals surface area (Å²) in [6.45, 7) is 0. The zero-order valence-electron chi connectivity index (χ0n) is 6.94. The van der Waals surface area contributed by atoms with Crippen molar-refractivity contribution >= 4 is 11.8 Å². The van der Waals surface area contributed by atoms with E-state index in [1.807, 2.05) is 11.8 Å². The molecule has 12 heavy (non-hydrogen) atoms. The summed E-state index contributed by atoms with van der Waals surface area (Å²) in [7, 11) is 0. The van der Waals surface area contributed by atoms with Crippen LogP contribution in [0.15, 0.2) is 41.8 Å². The summed E-state index contributed by atoms with van der Waals surface area (Å²) in [6, 6.07) is 10.7. The van der Waals surface area contributed by atoms with Gasteiger partial charge in [0.2, 0.25) is 0 Å². The molecule has 1 aromatic rings. The second kappa shape index (κ2) is 3.81. The lowest BCUT2D eigenvalue weighted by molar-refractivity contribution is 0.879. The highest BCUT2D eigenvalue weighted by Crippen LogP contribution is 2.26. The number of hydrogen-bond acceptors (Lipinski definition) is 1. The zero-order valence-corrected chi connectivity index (χ0v) is 7.76. The first kappa shape index (κ1) is 7.93. The largest absolute Gasteiger partial charge is 0.130 e. The minimum Gasteiger partial charge on any atom is -0.130 e. The fraction of sp³-hybridized carbons (Fsp3) is 0.273. The van der Waals surface area contributed by atoms with E-state index in [-0.39, 0.29) is 0 Å². The minimum atomic E-state index is 0.785. The number of benzene rings is 1. The van der Waals surface area contributed by atoms with Gasteiger partial charge < -0.3 is 0 Å². The molecule has 1 aliphatic rings. The third-order valence-electron chi connectivity index (χ3n) is 2.07. The first-order valence-corrected chi connectivity index (χ1v) is 5.24. The number of rotatable bonds is 2. The van der Waals surface area contributed by atoms with E-state index in [1.165, 1.54) is 18.4 Å². The molecule has 0 amide bonds. The Labute approximate surface area is 77.7 Å². The summed E-state index contributed by atoms with van der Waals surface area (Å²) in [4.78, 5) is 0. The Morgan fingerprint density at radius 3 is 2.75 bits per heavy atom. The van der Waals surface area contributed by atoms with Gasteiger partial charge >= 0.3 is 0 Å². The fourth-order valence-corrected chi connectivity index (χ4v) is 2.39. The van der Waals surface area contributed by atoms with Crippen molar-refractivity contribution in [2.24, 2.45) is 0 Å². The Hall–Kier alpha value is -0.690. The number of hydrogen-bond donors (Lipinski definition) is 0. The SMILES string of the molecule is C1=CSC(Cc2ccccc2)C1. The molecular weight excluding hydrogens is 164 g/mol. The summed E-state index contributed by atoms with van der Waals surface area (Å²) in [5.41, 5.74) is 1.46. The maximum absolute atomic E-state index is 2.26. The Kier molecular flexibility index (Phi) is 2.52. The highest BCUT2D eigenvalue weighted by atomic mass is 32.2. The molecule has 0 N–H and O–H groups in total. The third kappa shape index (κ3) is 1.92. The molecule has 0 aromatic heterocycles. The predicted molar refractivity (Wildman–Crippen MR) is 55.3 cm³/mol. The highest BCUT2D eigenvalue weighted by Gasteiger charge is 2.10.